The van der Waals surface area contributed by atoms with E-state index in [1.54, 1.807) is 25.4 Å². The molecule has 0 unspecified atom stereocenters. The molecular formula is C10H11BrN2O2. The molecule has 0 spiro atoms. The minimum Gasteiger partial charge on any atom is -0.508 e. The predicted octanol–water partition coefficient (Wildman–Crippen LogP) is 1.99. The third kappa shape index (κ3) is 1.98. The summed E-state index contributed by atoms with van der Waals surface area (Å²) < 4.78 is 7.68. The monoisotopic (exact) mass is 270 g/mol. The summed E-state index contributed by atoms with van der Waals surface area (Å²) in [6, 6.07) is 3.31. The lowest BCUT2D eigenvalue weighted by Crippen LogP contribution is -1.99. The van der Waals surface area contributed by atoms with Crippen molar-refractivity contribution in [2.24, 2.45) is 0 Å². The Labute approximate surface area is 95.6 Å². The second-order valence-corrected chi connectivity index (χ2v) is 3.95. The van der Waals surface area contributed by atoms with E-state index in [0.717, 1.165) is 22.4 Å². The summed E-state index contributed by atoms with van der Waals surface area (Å²) in [5, 5.41) is 9.35. The molecule has 0 bridgehead atoms. The minimum atomic E-state index is 0.237. The summed E-state index contributed by atoms with van der Waals surface area (Å²) in [6.07, 6.45) is 2.54. The van der Waals surface area contributed by atoms with E-state index < -0.39 is 0 Å². The molecule has 2 aromatic heterocycles. The lowest BCUT2D eigenvalue weighted by atomic mass is 10.4. The molecule has 2 aromatic rings. The summed E-state index contributed by atoms with van der Waals surface area (Å²) in [4.78, 5) is 4.36. The highest BCUT2D eigenvalue weighted by Crippen LogP contribution is 2.22. The molecular weight excluding hydrogens is 260 g/mol. The number of nitrogens with zero attached hydrogens (tertiary/aromatic N) is 2. The van der Waals surface area contributed by atoms with E-state index in [-0.39, 0.29) is 5.75 Å². The van der Waals surface area contributed by atoms with Crippen LogP contribution in [0.5, 0.6) is 5.75 Å². The second kappa shape index (κ2) is 4.20. The molecule has 0 atom stereocenters. The van der Waals surface area contributed by atoms with Gasteiger partial charge in [0.15, 0.2) is 0 Å². The normalized spacial score (nSPS) is 11.1. The van der Waals surface area contributed by atoms with Crippen LogP contribution >= 0.6 is 15.9 Å². The SMILES string of the molecule is COCCc1nc(Br)c2cc(O)ccn12. The fourth-order valence-corrected chi connectivity index (χ4v) is 1.98. The Hall–Kier alpha value is -1.07. The number of hydrogen-bond donors (Lipinski definition) is 1. The largest absolute Gasteiger partial charge is 0.508 e. The summed E-state index contributed by atoms with van der Waals surface area (Å²) in [5.74, 6) is 1.15. The van der Waals surface area contributed by atoms with Crippen LogP contribution in [-0.4, -0.2) is 28.2 Å². The quantitative estimate of drug-likeness (QED) is 0.928. The van der Waals surface area contributed by atoms with Crippen LogP contribution < -0.4 is 0 Å². The first-order chi connectivity index (χ1) is 7.22. The number of methoxy groups -OCH3 is 1. The molecule has 0 radical (unpaired) electrons. The van der Waals surface area contributed by atoms with Crippen molar-refractivity contribution in [3.63, 3.8) is 0 Å². The summed E-state index contributed by atoms with van der Waals surface area (Å²) in [5.41, 5.74) is 0.862. The molecule has 0 saturated heterocycles. The molecule has 4 nitrogen and oxygen atoms in total. The number of ether oxygens (including phenoxy) is 1. The van der Waals surface area contributed by atoms with E-state index in [1.807, 2.05) is 4.40 Å². The van der Waals surface area contributed by atoms with Crippen molar-refractivity contribution < 1.29 is 9.84 Å². The third-order valence-electron chi connectivity index (χ3n) is 2.18. The summed E-state index contributed by atoms with van der Waals surface area (Å²) >= 11 is 3.36. The van der Waals surface area contributed by atoms with Crippen LogP contribution in [0, 0.1) is 0 Å². The first kappa shape index (κ1) is 10.4. The van der Waals surface area contributed by atoms with Gasteiger partial charge in [0, 0.05) is 25.8 Å². The van der Waals surface area contributed by atoms with Crippen LogP contribution in [0.15, 0.2) is 22.9 Å². The maximum absolute atomic E-state index is 9.35. The van der Waals surface area contributed by atoms with Crippen LogP contribution in [0.4, 0.5) is 0 Å². The number of aromatic hydroxyl groups is 1. The topological polar surface area (TPSA) is 46.8 Å². The van der Waals surface area contributed by atoms with Crippen LogP contribution in [0.1, 0.15) is 5.82 Å². The van der Waals surface area contributed by atoms with Gasteiger partial charge in [-0.25, -0.2) is 4.98 Å². The average Bonchev–Trinajstić information content (AvgIpc) is 2.53. The molecule has 0 aliphatic rings. The van der Waals surface area contributed by atoms with Crippen molar-refractivity contribution >= 4 is 21.4 Å². The number of aromatic nitrogens is 2. The smallest absolute Gasteiger partial charge is 0.132 e. The molecule has 80 valence electrons. The molecule has 0 aromatic carbocycles. The van der Waals surface area contributed by atoms with Crippen LogP contribution in [0.25, 0.3) is 5.52 Å². The standard InChI is InChI=1S/C10H11BrN2O2/c1-15-5-3-9-12-10(11)8-6-7(14)2-4-13(8)9/h2,4,6,14H,3,5H2,1H3. The van der Waals surface area contributed by atoms with Gasteiger partial charge in [0.25, 0.3) is 0 Å². The number of rotatable bonds is 3. The number of fused-ring (bicyclic) bond motifs is 1. The molecule has 0 amide bonds. The Morgan fingerprint density at radius 1 is 1.60 bits per heavy atom. The van der Waals surface area contributed by atoms with Gasteiger partial charge in [-0.15, -0.1) is 0 Å². The van der Waals surface area contributed by atoms with E-state index in [0.29, 0.717) is 6.61 Å². The van der Waals surface area contributed by atoms with Gasteiger partial charge in [0.05, 0.1) is 12.1 Å². The average molecular weight is 271 g/mol. The van der Waals surface area contributed by atoms with Crippen molar-refractivity contribution in [2.75, 3.05) is 13.7 Å². The van der Waals surface area contributed by atoms with E-state index >= 15 is 0 Å². The lowest BCUT2D eigenvalue weighted by Gasteiger charge is -2.00. The predicted molar refractivity (Wildman–Crippen MR) is 60.1 cm³/mol. The molecule has 1 N–H and O–H groups in total. The van der Waals surface area contributed by atoms with Crippen molar-refractivity contribution in [1.82, 2.24) is 9.38 Å². The molecule has 5 heteroatoms. The van der Waals surface area contributed by atoms with Crippen molar-refractivity contribution in [2.45, 2.75) is 6.42 Å². The van der Waals surface area contributed by atoms with Gasteiger partial charge in [-0.05, 0) is 22.0 Å². The first-order valence-corrected chi connectivity index (χ1v) is 5.36. The molecule has 0 aliphatic carbocycles. The molecule has 2 heterocycles. The van der Waals surface area contributed by atoms with Crippen LogP contribution in [0.3, 0.4) is 0 Å². The maximum atomic E-state index is 9.35. The highest BCUT2D eigenvalue weighted by molar-refractivity contribution is 9.10. The van der Waals surface area contributed by atoms with Gasteiger partial charge in [-0.2, -0.15) is 0 Å². The van der Waals surface area contributed by atoms with Crippen molar-refractivity contribution in [3.8, 4) is 5.75 Å². The fraction of sp³-hybridized carbons (Fsp3) is 0.300. The zero-order valence-corrected chi connectivity index (χ0v) is 9.86. The van der Waals surface area contributed by atoms with Crippen molar-refractivity contribution in [3.05, 3.63) is 28.8 Å². The fourth-order valence-electron chi connectivity index (χ4n) is 1.47. The third-order valence-corrected chi connectivity index (χ3v) is 2.77. The molecule has 0 fully saturated rings. The highest BCUT2D eigenvalue weighted by Gasteiger charge is 2.08. The minimum absolute atomic E-state index is 0.237. The molecule has 0 aliphatic heterocycles. The first-order valence-electron chi connectivity index (χ1n) is 4.57. The van der Waals surface area contributed by atoms with Gasteiger partial charge in [-0.1, -0.05) is 0 Å². The Balaban J connectivity index is 2.48. The van der Waals surface area contributed by atoms with E-state index in [9.17, 15) is 5.11 Å². The second-order valence-electron chi connectivity index (χ2n) is 3.20. The number of halogens is 1. The summed E-state index contributed by atoms with van der Waals surface area (Å²) in [6.45, 7) is 0.631. The molecule has 2 rings (SSSR count). The Kier molecular flexibility index (Phi) is 2.93. The Bertz CT molecular complexity index is 481. The van der Waals surface area contributed by atoms with Gasteiger partial charge < -0.3 is 14.2 Å². The van der Waals surface area contributed by atoms with Gasteiger partial charge in [0.1, 0.15) is 16.2 Å². The molecule has 15 heavy (non-hydrogen) atoms. The Morgan fingerprint density at radius 3 is 3.13 bits per heavy atom. The van der Waals surface area contributed by atoms with Gasteiger partial charge >= 0.3 is 0 Å². The van der Waals surface area contributed by atoms with Crippen LogP contribution in [0.2, 0.25) is 0 Å². The number of pyridine rings is 1. The van der Waals surface area contributed by atoms with E-state index in [1.165, 1.54) is 0 Å². The van der Waals surface area contributed by atoms with Gasteiger partial charge in [-0.3, -0.25) is 0 Å². The number of imidazole rings is 1. The highest BCUT2D eigenvalue weighted by atomic mass is 79.9. The van der Waals surface area contributed by atoms with Gasteiger partial charge in [0.2, 0.25) is 0 Å². The summed E-state index contributed by atoms with van der Waals surface area (Å²) in [7, 11) is 1.66. The zero-order valence-electron chi connectivity index (χ0n) is 8.27. The van der Waals surface area contributed by atoms with E-state index in [4.69, 9.17) is 4.74 Å². The van der Waals surface area contributed by atoms with Crippen LogP contribution in [-0.2, 0) is 11.2 Å². The van der Waals surface area contributed by atoms with Crippen molar-refractivity contribution in [1.29, 1.82) is 0 Å². The maximum Gasteiger partial charge on any atom is 0.132 e. The number of hydrogen-bond acceptors (Lipinski definition) is 3. The lowest BCUT2D eigenvalue weighted by molar-refractivity contribution is 0.200. The zero-order chi connectivity index (χ0) is 10.8. The Morgan fingerprint density at radius 2 is 2.40 bits per heavy atom. The van der Waals surface area contributed by atoms with E-state index in [2.05, 4.69) is 20.9 Å². The molecule has 0 saturated carbocycles.